The molecule has 33 heavy (non-hydrogen) atoms. The second-order valence-electron chi connectivity index (χ2n) is 8.65. The summed E-state index contributed by atoms with van der Waals surface area (Å²) in [6.07, 6.45) is 2.83. The largest absolute Gasteiger partial charge is 0.371 e. The number of rotatable bonds is 8. The zero-order valence-corrected chi connectivity index (χ0v) is 20.0. The Morgan fingerprint density at radius 2 is 1.85 bits per heavy atom. The van der Waals surface area contributed by atoms with E-state index >= 15 is 0 Å². The fourth-order valence-corrected chi connectivity index (χ4v) is 4.83. The van der Waals surface area contributed by atoms with E-state index in [1.807, 2.05) is 42.6 Å². The molecular weight excluding hydrogens is 432 g/mol. The number of aryl methyl sites for hydroxylation is 1. The predicted molar refractivity (Wildman–Crippen MR) is 135 cm³/mol. The van der Waals surface area contributed by atoms with Crippen molar-refractivity contribution >= 4 is 34.5 Å². The van der Waals surface area contributed by atoms with Crippen molar-refractivity contribution in [2.24, 2.45) is 0 Å². The van der Waals surface area contributed by atoms with Gasteiger partial charge < -0.3 is 15.5 Å². The summed E-state index contributed by atoms with van der Waals surface area (Å²) < 4.78 is 0. The van der Waals surface area contributed by atoms with Crippen molar-refractivity contribution in [3.63, 3.8) is 0 Å². The number of nitrogens with zero attached hydrogens (tertiary/aromatic N) is 2. The third-order valence-electron chi connectivity index (χ3n) is 5.69. The number of anilines is 2. The summed E-state index contributed by atoms with van der Waals surface area (Å²) in [7, 11) is 0. The van der Waals surface area contributed by atoms with E-state index < -0.39 is 0 Å². The van der Waals surface area contributed by atoms with Crippen molar-refractivity contribution in [3.05, 3.63) is 65.2 Å². The van der Waals surface area contributed by atoms with Gasteiger partial charge in [0.1, 0.15) is 5.01 Å². The lowest BCUT2D eigenvalue weighted by Gasteiger charge is -2.19. The Kier molecular flexibility index (Phi) is 7.40. The van der Waals surface area contributed by atoms with Crippen molar-refractivity contribution in [2.75, 3.05) is 23.3 Å². The number of hydrogen-bond donors (Lipinski definition) is 2. The predicted octanol–water partition coefficient (Wildman–Crippen LogP) is 4.79. The van der Waals surface area contributed by atoms with Crippen molar-refractivity contribution < 1.29 is 9.59 Å². The zero-order valence-electron chi connectivity index (χ0n) is 19.1. The van der Waals surface area contributed by atoms with E-state index in [0.717, 1.165) is 40.7 Å². The first-order valence-electron chi connectivity index (χ1n) is 11.4. The molecule has 2 N–H and O–H groups in total. The summed E-state index contributed by atoms with van der Waals surface area (Å²) in [5, 5.41) is 8.69. The van der Waals surface area contributed by atoms with E-state index in [4.69, 9.17) is 0 Å². The number of carbonyl (C=O) groups excluding carboxylic acids is 2. The van der Waals surface area contributed by atoms with Gasteiger partial charge in [-0.25, -0.2) is 4.98 Å². The van der Waals surface area contributed by atoms with Crippen LogP contribution in [0.3, 0.4) is 0 Å². The number of hydrogen-bond acceptors (Lipinski definition) is 5. The topological polar surface area (TPSA) is 74.3 Å². The molecular formula is C26H30N4O2S. The molecule has 0 bridgehead atoms. The molecule has 0 aliphatic carbocycles. The van der Waals surface area contributed by atoms with Crippen LogP contribution < -0.4 is 15.5 Å². The van der Waals surface area contributed by atoms with E-state index in [1.165, 1.54) is 29.7 Å². The Morgan fingerprint density at radius 3 is 2.61 bits per heavy atom. The van der Waals surface area contributed by atoms with Crippen LogP contribution in [0, 0.1) is 6.92 Å². The normalized spacial score (nSPS) is 14.2. The van der Waals surface area contributed by atoms with Gasteiger partial charge in [-0.15, -0.1) is 11.3 Å². The maximum atomic E-state index is 12.5. The Bertz CT molecular complexity index is 1100. The first-order chi connectivity index (χ1) is 16.0. The lowest BCUT2D eigenvalue weighted by atomic mass is 10.1. The van der Waals surface area contributed by atoms with Gasteiger partial charge in [-0.05, 0) is 44.9 Å². The number of amides is 2. The summed E-state index contributed by atoms with van der Waals surface area (Å²) >= 11 is 1.53. The molecule has 1 fully saturated rings. The molecule has 1 aliphatic heterocycles. The molecule has 0 radical (unpaired) electrons. The Hall–Kier alpha value is -3.19. The van der Waals surface area contributed by atoms with Gasteiger partial charge in [-0.2, -0.15) is 0 Å². The highest BCUT2D eigenvalue weighted by Gasteiger charge is 2.16. The second kappa shape index (κ2) is 10.6. The third kappa shape index (κ3) is 6.42. The zero-order chi connectivity index (χ0) is 23.2. The number of nitrogens with one attached hydrogen (secondary N) is 2. The minimum atomic E-state index is -0.269. The lowest BCUT2D eigenvalue weighted by Crippen LogP contribution is -2.36. The summed E-state index contributed by atoms with van der Waals surface area (Å²) in [6, 6.07) is 15.9. The Labute approximate surface area is 199 Å². The van der Waals surface area contributed by atoms with Crippen LogP contribution in [0.15, 0.2) is 53.9 Å². The van der Waals surface area contributed by atoms with Gasteiger partial charge in [0.25, 0.3) is 0 Å². The maximum absolute atomic E-state index is 12.5. The van der Waals surface area contributed by atoms with Crippen molar-refractivity contribution in [1.82, 2.24) is 10.3 Å². The maximum Gasteiger partial charge on any atom is 0.226 e. The van der Waals surface area contributed by atoms with Gasteiger partial charge in [0.2, 0.25) is 11.8 Å². The first kappa shape index (κ1) is 23.0. The summed E-state index contributed by atoms with van der Waals surface area (Å²) in [5.41, 5.74) is 4.92. The van der Waals surface area contributed by atoms with Gasteiger partial charge in [-0.3, -0.25) is 9.59 Å². The van der Waals surface area contributed by atoms with Crippen LogP contribution in [0.5, 0.6) is 0 Å². The standard InChI is InChI=1S/C26H30N4O2S/c1-18-8-10-20(11-9-18)26-29-22(17-33-26)16-25(32)27-19(2)14-24(31)28-21-6-5-7-23(15-21)30-12-3-4-13-30/h5-11,15,17,19H,3-4,12-14,16H2,1-2H3,(H,27,32)(H,28,31). The number of carbonyl (C=O) groups is 2. The summed E-state index contributed by atoms with van der Waals surface area (Å²) in [6.45, 7) is 6.02. The lowest BCUT2D eigenvalue weighted by molar-refractivity contribution is -0.121. The molecule has 2 amide bonds. The molecule has 172 valence electrons. The van der Waals surface area contributed by atoms with Gasteiger partial charge >= 0.3 is 0 Å². The fourth-order valence-electron chi connectivity index (χ4n) is 4.00. The van der Waals surface area contributed by atoms with E-state index in [1.54, 1.807) is 0 Å². The number of benzene rings is 2. The van der Waals surface area contributed by atoms with Crippen LogP contribution in [0.25, 0.3) is 10.6 Å². The Morgan fingerprint density at radius 1 is 1.09 bits per heavy atom. The molecule has 2 aromatic carbocycles. The van der Waals surface area contributed by atoms with E-state index in [2.05, 4.69) is 45.6 Å². The van der Waals surface area contributed by atoms with Crippen LogP contribution in [0.4, 0.5) is 11.4 Å². The minimum Gasteiger partial charge on any atom is -0.371 e. The highest BCUT2D eigenvalue weighted by atomic mass is 32.1. The van der Waals surface area contributed by atoms with Crippen LogP contribution in [-0.2, 0) is 16.0 Å². The van der Waals surface area contributed by atoms with Gasteiger partial charge in [-0.1, -0.05) is 35.9 Å². The van der Waals surface area contributed by atoms with E-state index in [0.29, 0.717) is 0 Å². The molecule has 1 aromatic heterocycles. The molecule has 1 saturated heterocycles. The fraction of sp³-hybridized carbons (Fsp3) is 0.346. The number of thiazole rings is 1. The van der Waals surface area contributed by atoms with Crippen molar-refractivity contribution in [2.45, 2.75) is 45.6 Å². The molecule has 1 atom stereocenters. The molecule has 0 saturated carbocycles. The molecule has 7 heteroatoms. The highest BCUT2D eigenvalue weighted by Crippen LogP contribution is 2.25. The molecule has 4 rings (SSSR count). The SMILES string of the molecule is Cc1ccc(-c2nc(CC(=O)NC(C)CC(=O)Nc3cccc(N4CCCC4)c3)cs2)cc1. The molecule has 2 heterocycles. The first-order valence-corrected chi connectivity index (χ1v) is 12.3. The van der Waals surface area contributed by atoms with Crippen molar-refractivity contribution in [3.8, 4) is 10.6 Å². The van der Waals surface area contributed by atoms with Crippen LogP contribution in [0.2, 0.25) is 0 Å². The second-order valence-corrected chi connectivity index (χ2v) is 9.51. The van der Waals surface area contributed by atoms with Crippen LogP contribution in [0.1, 0.15) is 37.4 Å². The molecule has 0 spiro atoms. The van der Waals surface area contributed by atoms with Gasteiger partial charge in [0.15, 0.2) is 0 Å². The van der Waals surface area contributed by atoms with Crippen molar-refractivity contribution in [1.29, 1.82) is 0 Å². The molecule has 3 aromatic rings. The molecule has 1 aliphatic rings. The van der Waals surface area contributed by atoms with Crippen LogP contribution in [-0.4, -0.2) is 35.9 Å². The van der Waals surface area contributed by atoms with Gasteiger partial charge in [0.05, 0.1) is 12.1 Å². The number of aromatic nitrogens is 1. The van der Waals surface area contributed by atoms with E-state index in [9.17, 15) is 9.59 Å². The third-order valence-corrected chi connectivity index (χ3v) is 6.63. The molecule has 1 unspecified atom stereocenters. The summed E-state index contributed by atoms with van der Waals surface area (Å²) in [5.74, 6) is -0.247. The van der Waals surface area contributed by atoms with Gasteiger partial charge in [0, 0.05) is 47.9 Å². The Balaban J connectivity index is 1.25. The minimum absolute atomic E-state index is 0.114. The average Bonchev–Trinajstić information content (AvgIpc) is 3.46. The quantitative estimate of drug-likeness (QED) is 0.505. The summed E-state index contributed by atoms with van der Waals surface area (Å²) in [4.78, 5) is 31.9. The van der Waals surface area contributed by atoms with Crippen LogP contribution >= 0.6 is 11.3 Å². The highest BCUT2D eigenvalue weighted by molar-refractivity contribution is 7.13. The average molecular weight is 463 g/mol. The monoisotopic (exact) mass is 462 g/mol. The smallest absolute Gasteiger partial charge is 0.226 e. The molecule has 6 nitrogen and oxygen atoms in total. The van der Waals surface area contributed by atoms with E-state index in [-0.39, 0.29) is 30.7 Å².